The van der Waals surface area contributed by atoms with Crippen LogP contribution >= 0.6 is 0 Å². The summed E-state index contributed by atoms with van der Waals surface area (Å²) in [6.07, 6.45) is 3.01. The molecule has 2 aromatic rings. The van der Waals surface area contributed by atoms with E-state index < -0.39 is 17.2 Å². The maximum Gasteiger partial charge on any atom is 0.256 e. The van der Waals surface area contributed by atoms with Crippen LogP contribution in [0.3, 0.4) is 0 Å². The van der Waals surface area contributed by atoms with Gasteiger partial charge in [-0.2, -0.15) is 0 Å². The van der Waals surface area contributed by atoms with Crippen molar-refractivity contribution in [2.75, 3.05) is 25.0 Å². The van der Waals surface area contributed by atoms with Crippen molar-refractivity contribution in [2.24, 2.45) is 0 Å². The number of aryl methyl sites for hydroxylation is 2. The van der Waals surface area contributed by atoms with E-state index in [9.17, 15) is 18.7 Å². The number of amides is 1. The number of hydrogen-bond donors (Lipinski definition) is 3. The number of β-amino-alcohol motifs (C(OH)–C–C–N with tert-alkyl or cyclic N) is 1. The van der Waals surface area contributed by atoms with Gasteiger partial charge in [0.15, 0.2) is 0 Å². The molecular weight excluding hydrogens is 388 g/mol. The molecule has 3 N–H and O–H groups in total. The molecule has 160 valence electrons. The van der Waals surface area contributed by atoms with Crippen LogP contribution in [0.4, 0.5) is 20.2 Å². The Bertz CT molecular complexity index is 967. The maximum atomic E-state index is 14.9. The van der Waals surface area contributed by atoms with E-state index in [2.05, 4.69) is 10.6 Å². The van der Waals surface area contributed by atoms with E-state index in [1.807, 2.05) is 0 Å². The fourth-order valence-corrected chi connectivity index (χ4v) is 4.30. The van der Waals surface area contributed by atoms with Crippen LogP contribution in [-0.4, -0.2) is 47.2 Å². The van der Waals surface area contributed by atoms with Crippen molar-refractivity contribution < 1.29 is 18.7 Å². The number of halogens is 2. The highest BCUT2D eigenvalue weighted by Crippen LogP contribution is 2.34. The molecule has 2 saturated heterocycles. The Hall–Kier alpha value is -2.51. The standard InChI is InChI=1S/C23H27F2N3O2/c1-14-6-9-18(17(24)11-14)27-21-16(8-7-15(2)20(21)25)22(29)28-12-23(30,13-28)19-5-3-4-10-26-19/h6-9,11,19,26-27,30H,3-5,10,12-13H2,1-2H3. The molecule has 2 aromatic carbocycles. The van der Waals surface area contributed by atoms with Gasteiger partial charge >= 0.3 is 0 Å². The molecule has 4 rings (SSSR count). The Balaban J connectivity index is 1.57. The zero-order valence-electron chi connectivity index (χ0n) is 17.3. The van der Waals surface area contributed by atoms with Gasteiger partial charge in [-0.1, -0.05) is 18.6 Å². The minimum atomic E-state index is -0.962. The van der Waals surface area contributed by atoms with E-state index >= 15 is 0 Å². The van der Waals surface area contributed by atoms with Gasteiger partial charge in [0.25, 0.3) is 5.91 Å². The summed E-state index contributed by atoms with van der Waals surface area (Å²) in [5.74, 6) is -1.49. The number of piperidine rings is 1. The molecule has 2 heterocycles. The van der Waals surface area contributed by atoms with Crippen molar-refractivity contribution in [1.29, 1.82) is 0 Å². The van der Waals surface area contributed by atoms with Crippen molar-refractivity contribution in [3.8, 4) is 0 Å². The third kappa shape index (κ3) is 3.79. The highest BCUT2D eigenvalue weighted by atomic mass is 19.1. The first-order chi connectivity index (χ1) is 14.3. The fraction of sp³-hybridized carbons (Fsp3) is 0.435. The van der Waals surface area contributed by atoms with Crippen LogP contribution in [0.1, 0.15) is 40.7 Å². The van der Waals surface area contributed by atoms with E-state index in [0.717, 1.165) is 31.4 Å². The Kier molecular flexibility index (Phi) is 5.51. The largest absolute Gasteiger partial charge is 0.385 e. The average Bonchev–Trinajstić information content (AvgIpc) is 2.71. The number of anilines is 2. The molecule has 0 aromatic heterocycles. The Morgan fingerprint density at radius 1 is 1.20 bits per heavy atom. The number of nitrogens with zero attached hydrogens (tertiary/aromatic N) is 1. The molecule has 0 spiro atoms. The summed E-state index contributed by atoms with van der Waals surface area (Å²) in [4.78, 5) is 14.6. The molecule has 0 aliphatic carbocycles. The highest BCUT2D eigenvalue weighted by Gasteiger charge is 2.49. The van der Waals surface area contributed by atoms with Crippen LogP contribution in [0.5, 0.6) is 0 Å². The highest BCUT2D eigenvalue weighted by molar-refractivity contribution is 6.01. The van der Waals surface area contributed by atoms with E-state index in [1.165, 1.54) is 23.1 Å². The van der Waals surface area contributed by atoms with Crippen molar-refractivity contribution in [1.82, 2.24) is 10.2 Å². The van der Waals surface area contributed by atoms with Gasteiger partial charge in [-0.3, -0.25) is 4.79 Å². The lowest BCUT2D eigenvalue weighted by Gasteiger charge is -2.51. The molecule has 0 radical (unpaired) electrons. The summed E-state index contributed by atoms with van der Waals surface area (Å²) in [6.45, 7) is 4.60. The van der Waals surface area contributed by atoms with Crippen molar-refractivity contribution in [3.63, 3.8) is 0 Å². The summed E-state index contributed by atoms with van der Waals surface area (Å²) >= 11 is 0. The van der Waals surface area contributed by atoms with Crippen molar-refractivity contribution in [2.45, 2.75) is 44.8 Å². The van der Waals surface area contributed by atoms with Crippen LogP contribution < -0.4 is 10.6 Å². The molecule has 2 aliphatic rings. The van der Waals surface area contributed by atoms with Crippen LogP contribution in [0.25, 0.3) is 0 Å². The van der Waals surface area contributed by atoms with Gasteiger partial charge in [0, 0.05) is 6.04 Å². The molecule has 1 atom stereocenters. The first kappa shape index (κ1) is 20.8. The number of aliphatic hydroxyl groups is 1. The summed E-state index contributed by atoms with van der Waals surface area (Å²) in [7, 11) is 0. The van der Waals surface area contributed by atoms with E-state index in [1.54, 1.807) is 26.0 Å². The monoisotopic (exact) mass is 415 g/mol. The predicted octanol–water partition coefficient (Wildman–Crippen LogP) is 3.65. The molecule has 30 heavy (non-hydrogen) atoms. The van der Waals surface area contributed by atoms with Crippen LogP contribution in [0.2, 0.25) is 0 Å². The molecular formula is C23H27F2N3O2. The first-order valence-corrected chi connectivity index (χ1v) is 10.4. The van der Waals surface area contributed by atoms with Gasteiger partial charge in [0.2, 0.25) is 0 Å². The molecule has 2 aliphatic heterocycles. The van der Waals surface area contributed by atoms with Crippen molar-refractivity contribution >= 4 is 17.3 Å². The Morgan fingerprint density at radius 2 is 1.97 bits per heavy atom. The number of nitrogens with one attached hydrogen (secondary N) is 2. The quantitative estimate of drug-likeness (QED) is 0.713. The molecule has 0 bridgehead atoms. The maximum absolute atomic E-state index is 14.9. The van der Waals surface area contributed by atoms with Crippen LogP contribution in [-0.2, 0) is 0 Å². The number of rotatable bonds is 4. The lowest BCUT2D eigenvalue weighted by Crippen LogP contribution is -2.72. The second-order valence-electron chi connectivity index (χ2n) is 8.49. The van der Waals surface area contributed by atoms with Gasteiger partial charge < -0.3 is 20.6 Å². The molecule has 0 saturated carbocycles. The number of carbonyl (C=O) groups is 1. The molecule has 7 heteroatoms. The zero-order valence-corrected chi connectivity index (χ0v) is 17.3. The molecule has 2 fully saturated rings. The second-order valence-corrected chi connectivity index (χ2v) is 8.49. The normalized spacial score (nSPS) is 20.6. The van der Waals surface area contributed by atoms with Crippen LogP contribution in [0.15, 0.2) is 30.3 Å². The van der Waals surface area contributed by atoms with Crippen LogP contribution in [0, 0.1) is 25.5 Å². The lowest BCUT2D eigenvalue weighted by atomic mass is 9.81. The second kappa shape index (κ2) is 7.96. The summed E-state index contributed by atoms with van der Waals surface area (Å²) in [5, 5.41) is 17.0. The average molecular weight is 415 g/mol. The number of hydrogen-bond acceptors (Lipinski definition) is 4. The minimum absolute atomic E-state index is 0.0377. The van der Waals surface area contributed by atoms with Gasteiger partial charge in [0.1, 0.15) is 17.2 Å². The van der Waals surface area contributed by atoms with E-state index in [4.69, 9.17) is 0 Å². The van der Waals surface area contributed by atoms with Crippen molar-refractivity contribution in [3.05, 3.63) is 58.7 Å². The van der Waals surface area contributed by atoms with E-state index in [0.29, 0.717) is 5.56 Å². The first-order valence-electron chi connectivity index (χ1n) is 10.4. The SMILES string of the molecule is Cc1ccc(Nc2c(C(=O)N3CC(O)(C4CCCCN4)C3)ccc(C)c2F)c(F)c1. The number of carbonyl (C=O) groups excluding carboxylic acids is 1. The third-order valence-corrected chi connectivity index (χ3v) is 6.13. The summed E-state index contributed by atoms with van der Waals surface area (Å²) < 4.78 is 29.3. The fourth-order valence-electron chi connectivity index (χ4n) is 4.30. The van der Waals surface area contributed by atoms with Gasteiger partial charge in [-0.05, 0) is 62.6 Å². The summed E-state index contributed by atoms with van der Waals surface area (Å²) in [6, 6.07) is 7.64. The Morgan fingerprint density at radius 3 is 2.63 bits per heavy atom. The molecule has 1 unspecified atom stereocenters. The third-order valence-electron chi connectivity index (χ3n) is 6.13. The summed E-state index contributed by atoms with van der Waals surface area (Å²) in [5.41, 5.74) is 0.315. The lowest BCUT2D eigenvalue weighted by molar-refractivity contribution is -0.108. The molecule has 1 amide bonds. The minimum Gasteiger partial charge on any atom is -0.385 e. The smallest absolute Gasteiger partial charge is 0.256 e. The number of benzene rings is 2. The number of likely N-dealkylation sites (tertiary alicyclic amines) is 1. The van der Waals surface area contributed by atoms with Gasteiger partial charge in [0.05, 0.1) is 30.0 Å². The van der Waals surface area contributed by atoms with Gasteiger partial charge in [-0.15, -0.1) is 0 Å². The molecule has 5 nitrogen and oxygen atoms in total. The Labute approximate surface area is 175 Å². The van der Waals surface area contributed by atoms with E-state index in [-0.39, 0.29) is 42.0 Å². The topological polar surface area (TPSA) is 64.6 Å². The predicted molar refractivity (Wildman–Crippen MR) is 112 cm³/mol. The zero-order chi connectivity index (χ0) is 21.5. The van der Waals surface area contributed by atoms with Gasteiger partial charge in [-0.25, -0.2) is 8.78 Å².